The minimum atomic E-state index is -0.567. The molecule has 25 heavy (non-hydrogen) atoms. The molecule has 3 aromatic rings. The van der Waals surface area contributed by atoms with Crippen LogP contribution in [0.2, 0.25) is 0 Å². The lowest BCUT2D eigenvalue weighted by Gasteiger charge is -2.10. The number of aliphatic hydroxyl groups excluding tert-OH is 1. The number of para-hydroxylation sites is 1. The Morgan fingerprint density at radius 2 is 2.00 bits per heavy atom. The Hall–Kier alpha value is -2.09. The van der Waals surface area contributed by atoms with Crippen molar-refractivity contribution in [1.82, 2.24) is 10.2 Å². The standard InChI is InChI=1S/C18H19N3O2S2/c1-13-6-5-7-14(10-13)19-17-20-21-18(25-17)24-12-15(22)11-23-16-8-3-2-4-9-16/h2-10,15,22H,11-12H2,1H3,(H,19,20). The molecule has 1 heterocycles. The Morgan fingerprint density at radius 1 is 1.16 bits per heavy atom. The van der Waals surface area contributed by atoms with Crippen LogP contribution in [0.5, 0.6) is 5.75 Å². The van der Waals surface area contributed by atoms with E-state index in [1.165, 1.54) is 28.7 Å². The molecule has 2 aromatic carbocycles. The molecule has 1 aromatic heterocycles. The van der Waals surface area contributed by atoms with E-state index in [4.69, 9.17) is 4.74 Å². The van der Waals surface area contributed by atoms with E-state index in [0.717, 1.165) is 20.9 Å². The van der Waals surface area contributed by atoms with Gasteiger partial charge in [-0.15, -0.1) is 10.2 Å². The number of ether oxygens (including phenoxy) is 1. The maximum atomic E-state index is 10.0. The summed E-state index contributed by atoms with van der Waals surface area (Å²) in [5.74, 6) is 1.26. The number of hydrogen-bond donors (Lipinski definition) is 2. The molecule has 0 aliphatic carbocycles. The molecule has 0 bridgehead atoms. The van der Waals surface area contributed by atoms with Crippen molar-refractivity contribution in [3.63, 3.8) is 0 Å². The van der Waals surface area contributed by atoms with Crippen LogP contribution in [0.25, 0.3) is 0 Å². The van der Waals surface area contributed by atoms with Crippen LogP contribution < -0.4 is 10.1 Å². The van der Waals surface area contributed by atoms with E-state index in [-0.39, 0.29) is 6.61 Å². The molecule has 2 N–H and O–H groups in total. The first-order valence-corrected chi connectivity index (χ1v) is 9.65. The van der Waals surface area contributed by atoms with E-state index in [2.05, 4.69) is 21.6 Å². The van der Waals surface area contributed by atoms with Gasteiger partial charge in [-0.25, -0.2) is 0 Å². The summed E-state index contributed by atoms with van der Waals surface area (Å²) in [5.41, 5.74) is 2.18. The van der Waals surface area contributed by atoms with E-state index in [0.29, 0.717) is 5.75 Å². The quantitative estimate of drug-likeness (QED) is 0.579. The fourth-order valence-corrected chi connectivity index (χ4v) is 3.79. The van der Waals surface area contributed by atoms with Gasteiger partial charge in [0.1, 0.15) is 12.4 Å². The molecule has 1 unspecified atom stereocenters. The third-order valence-corrected chi connectivity index (χ3v) is 5.38. The van der Waals surface area contributed by atoms with Crippen LogP contribution in [0.4, 0.5) is 10.8 Å². The van der Waals surface area contributed by atoms with Crippen molar-refractivity contribution in [1.29, 1.82) is 0 Å². The summed E-state index contributed by atoms with van der Waals surface area (Å²) in [6.07, 6.45) is -0.567. The minimum Gasteiger partial charge on any atom is -0.491 e. The van der Waals surface area contributed by atoms with Gasteiger partial charge in [-0.05, 0) is 36.8 Å². The van der Waals surface area contributed by atoms with Crippen molar-refractivity contribution in [2.45, 2.75) is 17.4 Å². The van der Waals surface area contributed by atoms with E-state index in [1.54, 1.807) is 0 Å². The zero-order valence-electron chi connectivity index (χ0n) is 13.8. The zero-order valence-corrected chi connectivity index (χ0v) is 15.4. The lowest BCUT2D eigenvalue weighted by atomic mass is 10.2. The van der Waals surface area contributed by atoms with Gasteiger partial charge in [-0.2, -0.15) is 0 Å². The van der Waals surface area contributed by atoms with Crippen LogP contribution in [-0.2, 0) is 0 Å². The number of thioether (sulfide) groups is 1. The summed E-state index contributed by atoms with van der Waals surface area (Å²) in [4.78, 5) is 0. The molecule has 0 aliphatic heterocycles. The summed E-state index contributed by atoms with van der Waals surface area (Å²) in [7, 11) is 0. The number of benzene rings is 2. The van der Waals surface area contributed by atoms with Crippen molar-refractivity contribution in [3.05, 3.63) is 60.2 Å². The third-order valence-electron chi connectivity index (χ3n) is 3.26. The number of nitrogens with zero attached hydrogens (tertiary/aromatic N) is 2. The highest BCUT2D eigenvalue weighted by Gasteiger charge is 2.10. The molecule has 0 aliphatic rings. The highest BCUT2D eigenvalue weighted by molar-refractivity contribution is 8.01. The molecule has 3 rings (SSSR count). The van der Waals surface area contributed by atoms with Crippen LogP contribution in [-0.4, -0.2) is 33.8 Å². The van der Waals surface area contributed by atoms with Crippen molar-refractivity contribution < 1.29 is 9.84 Å². The molecule has 0 spiro atoms. The Balaban J connectivity index is 1.45. The topological polar surface area (TPSA) is 67.3 Å². The lowest BCUT2D eigenvalue weighted by molar-refractivity contribution is 0.126. The number of rotatable bonds is 8. The predicted molar refractivity (Wildman–Crippen MR) is 103 cm³/mol. The SMILES string of the molecule is Cc1cccc(Nc2nnc(SCC(O)COc3ccccc3)s2)c1. The molecule has 7 heteroatoms. The summed E-state index contributed by atoms with van der Waals surface area (Å²) in [6, 6.07) is 17.6. The molecule has 0 radical (unpaired) electrons. The average Bonchev–Trinajstić information content (AvgIpc) is 3.06. The number of hydrogen-bond acceptors (Lipinski definition) is 7. The predicted octanol–water partition coefficient (Wildman–Crippen LogP) is 4.12. The summed E-state index contributed by atoms with van der Waals surface area (Å²) < 4.78 is 6.36. The average molecular weight is 374 g/mol. The molecule has 0 amide bonds. The zero-order chi connectivity index (χ0) is 17.5. The van der Waals surface area contributed by atoms with Gasteiger partial charge in [0.25, 0.3) is 0 Å². The van der Waals surface area contributed by atoms with Crippen molar-refractivity contribution in [2.75, 3.05) is 17.7 Å². The maximum absolute atomic E-state index is 10.0. The van der Waals surface area contributed by atoms with E-state index in [9.17, 15) is 5.11 Å². The van der Waals surface area contributed by atoms with Crippen LogP contribution >= 0.6 is 23.1 Å². The lowest BCUT2D eigenvalue weighted by Crippen LogP contribution is -2.19. The van der Waals surface area contributed by atoms with Crippen LogP contribution in [0.1, 0.15) is 5.56 Å². The number of aromatic nitrogens is 2. The highest BCUT2D eigenvalue weighted by Crippen LogP contribution is 2.28. The molecular formula is C18H19N3O2S2. The first-order valence-electron chi connectivity index (χ1n) is 7.85. The second-order valence-electron chi connectivity index (χ2n) is 5.46. The van der Waals surface area contributed by atoms with Crippen molar-refractivity contribution >= 4 is 33.9 Å². The van der Waals surface area contributed by atoms with E-state index >= 15 is 0 Å². The molecule has 0 saturated heterocycles. The second kappa shape index (κ2) is 8.84. The van der Waals surface area contributed by atoms with Crippen LogP contribution in [0.15, 0.2) is 58.9 Å². The first-order chi connectivity index (χ1) is 12.2. The fraction of sp³-hybridized carbons (Fsp3) is 0.222. The number of aliphatic hydroxyl groups is 1. The number of anilines is 2. The first kappa shape index (κ1) is 17.7. The number of nitrogens with one attached hydrogen (secondary N) is 1. The highest BCUT2D eigenvalue weighted by atomic mass is 32.2. The second-order valence-corrected chi connectivity index (χ2v) is 7.70. The van der Waals surface area contributed by atoms with Gasteiger partial charge in [0.05, 0.1) is 6.10 Å². The van der Waals surface area contributed by atoms with Gasteiger partial charge < -0.3 is 15.2 Å². The van der Waals surface area contributed by atoms with Gasteiger partial charge in [-0.3, -0.25) is 0 Å². The Kier molecular flexibility index (Phi) is 6.27. The van der Waals surface area contributed by atoms with Gasteiger partial charge in [0.2, 0.25) is 5.13 Å². The molecule has 5 nitrogen and oxygen atoms in total. The smallest absolute Gasteiger partial charge is 0.210 e. The monoisotopic (exact) mass is 373 g/mol. The largest absolute Gasteiger partial charge is 0.491 e. The number of aryl methyl sites for hydroxylation is 1. The fourth-order valence-electron chi connectivity index (χ4n) is 2.09. The summed E-state index contributed by atoms with van der Waals surface area (Å²) >= 11 is 2.94. The van der Waals surface area contributed by atoms with Gasteiger partial charge >= 0.3 is 0 Å². The van der Waals surface area contributed by atoms with Crippen LogP contribution in [0.3, 0.4) is 0 Å². The van der Waals surface area contributed by atoms with Gasteiger partial charge in [0, 0.05) is 11.4 Å². The molecule has 1 atom stereocenters. The normalized spacial score (nSPS) is 11.9. The third kappa shape index (κ3) is 5.74. The van der Waals surface area contributed by atoms with Crippen molar-refractivity contribution in [3.8, 4) is 5.75 Å². The minimum absolute atomic E-state index is 0.254. The maximum Gasteiger partial charge on any atom is 0.210 e. The molecule has 0 saturated carbocycles. The van der Waals surface area contributed by atoms with Gasteiger partial charge in [0.15, 0.2) is 4.34 Å². The molecular weight excluding hydrogens is 354 g/mol. The van der Waals surface area contributed by atoms with Crippen molar-refractivity contribution in [2.24, 2.45) is 0 Å². The molecule has 130 valence electrons. The Labute approximate surface area is 155 Å². The Bertz CT molecular complexity index is 796. The summed E-state index contributed by atoms with van der Waals surface area (Å²) in [5, 5.41) is 22.3. The Morgan fingerprint density at radius 3 is 2.80 bits per heavy atom. The van der Waals surface area contributed by atoms with Gasteiger partial charge in [-0.1, -0.05) is 53.4 Å². The molecule has 0 fully saturated rings. The van der Waals surface area contributed by atoms with E-state index < -0.39 is 6.10 Å². The van der Waals surface area contributed by atoms with E-state index in [1.807, 2.05) is 55.5 Å². The van der Waals surface area contributed by atoms with Crippen LogP contribution in [0, 0.1) is 6.92 Å². The summed E-state index contributed by atoms with van der Waals surface area (Å²) in [6.45, 7) is 2.30.